The molecule has 9 aliphatic heterocycles. The number of aromatic amines is 4. The number of nitrogens with zero attached hydrogens (tertiary/aromatic N) is 7. The number of hydrogen-bond acceptors (Lipinski definition) is 21. The lowest BCUT2D eigenvalue weighted by molar-refractivity contribution is -0.193. The Morgan fingerprint density at radius 2 is 1.07 bits per heavy atom. The number of carboxylic acids is 2. The number of aliphatic hydroxyl groups is 1. The molecule has 0 aromatic carbocycles. The first kappa shape index (κ1) is 94.7. The van der Waals surface area contributed by atoms with Gasteiger partial charge in [-0.25, -0.2) is 29.7 Å². The third-order valence-corrected chi connectivity index (χ3v) is 26.7. The van der Waals surface area contributed by atoms with Crippen molar-refractivity contribution in [1.82, 2.24) is 45.2 Å². The number of aliphatic hydroxyl groups excluding tert-OH is 1. The van der Waals surface area contributed by atoms with Crippen LogP contribution in [0.3, 0.4) is 0 Å². The Balaban J connectivity index is 0.000000172. The summed E-state index contributed by atoms with van der Waals surface area (Å²) in [5.41, 5.74) is 37.9. The molecule has 0 radical (unpaired) electrons. The summed E-state index contributed by atoms with van der Waals surface area (Å²) in [7, 11) is 1.33. The van der Waals surface area contributed by atoms with Crippen molar-refractivity contribution < 1.29 is 72.7 Å². The molecule has 1 fully saturated rings. The summed E-state index contributed by atoms with van der Waals surface area (Å²) in [6, 6.07) is 12.1. The van der Waals surface area contributed by atoms with E-state index >= 15 is 0 Å². The Morgan fingerprint density at radius 1 is 0.546 bits per heavy atom. The average Bonchev–Trinajstić information content (AvgIpc) is 1.59. The molecule has 0 amide bonds. The summed E-state index contributed by atoms with van der Waals surface area (Å²) in [4.78, 5) is 142. The van der Waals surface area contributed by atoms with E-state index in [1.165, 1.54) is 24.0 Å². The fourth-order valence-corrected chi connectivity index (χ4v) is 19.6. The number of methoxy groups -OCH3 is 1. The number of aromatic nitrogens is 8. The minimum Gasteiger partial charge on any atom is -0.511 e. The monoisotopic (exact) mass is 1750 g/mol. The van der Waals surface area contributed by atoms with Gasteiger partial charge in [0.2, 0.25) is 0 Å². The summed E-state index contributed by atoms with van der Waals surface area (Å²) < 4.78 is 15.7. The number of rotatable bonds is 20. The number of aliphatic carboxylic acids is 2. The van der Waals surface area contributed by atoms with Gasteiger partial charge in [0.05, 0.1) is 94.8 Å². The highest BCUT2D eigenvalue weighted by molar-refractivity contribution is 6.25. The number of ether oxygens (including phenoxy) is 3. The molecule has 1 aliphatic carbocycles. The Bertz CT molecular complexity index is 6730. The van der Waals surface area contributed by atoms with E-state index in [4.69, 9.17) is 68.3 Å². The SMILES string of the molecule is C=CC1=C(C)C2=NC1=CC1=NC(=CC3=C(C)C4=C(O)CC(=C5NC(=C2)[C@@H](C)C5CC)C4=N3)C(CC)=C1C.C=Cc1c(C)c2cc3nc(c(CC(=O)O)c4nc(cc5[nH]c(cc1[nH]2)c(C)c5CC)C(C)=C4C(=O)O)[C@@H](CC)[C@@H]3C.C=Cc1c(C)c2cc3nc(c(CC(=O)OC)c4nc(cc5[nH]c(cc1[nH]2)c(C)c5CC)C(C)=C4OC=O)[C@@H](CCCOC=O)[C@@H]3C.O=C=O.O=C=O. The number of allylic oxidation sites excluding steroid dienone is 14. The van der Waals surface area contributed by atoms with E-state index < -0.39 is 17.9 Å². The van der Waals surface area contributed by atoms with Crippen LogP contribution in [0.15, 0.2) is 169 Å². The third kappa shape index (κ3) is 17.8. The molecule has 16 rings (SSSR count). The summed E-state index contributed by atoms with van der Waals surface area (Å²) >= 11 is 0. The smallest absolute Gasteiger partial charge is 0.373 e. The largest absolute Gasteiger partial charge is 0.511 e. The number of aryl methyl sites for hydroxylation is 6. The lowest BCUT2D eigenvalue weighted by Gasteiger charge is -2.18. The van der Waals surface area contributed by atoms with Gasteiger partial charge in [0.25, 0.3) is 12.9 Å². The van der Waals surface area contributed by atoms with Crippen molar-refractivity contribution in [3.05, 3.63) is 255 Å². The zero-order chi connectivity index (χ0) is 94.5. The van der Waals surface area contributed by atoms with Gasteiger partial charge >= 0.3 is 30.2 Å². The zero-order valence-corrected chi connectivity index (χ0v) is 76.8. The average molecular weight is 1760 g/mol. The molecule has 10 aliphatic rings. The molecular formula is C103H110N12O15. The summed E-state index contributed by atoms with van der Waals surface area (Å²) in [6.45, 7) is 48.6. The molecule has 1 saturated heterocycles. The van der Waals surface area contributed by atoms with Crippen molar-refractivity contribution in [2.45, 2.75) is 206 Å². The minimum absolute atomic E-state index is 0.00735. The molecular weight excluding hydrogens is 1650 g/mol. The van der Waals surface area contributed by atoms with Crippen LogP contribution in [0.2, 0.25) is 0 Å². The van der Waals surface area contributed by atoms with E-state index in [-0.39, 0.29) is 72.4 Å². The van der Waals surface area contributed by atoms with Crippen LogP contribution >= 0.6 is 0 Å². The fourth-order valence-electron chi connectivity index (χ4n) is 19.6. The van der Waals surface area contributed by atoms with E-state index in [0.29, 0.717) is 107 Å². The second-order valence-corrected chi connectivity index (χ2v) is 33.5. The number of carbonyl (C=O) groups excluding carboxylic acids is 7. The van der Waals surface area contributed by atoms with Gasteiger partial charge in [-0.1, -0.05) is 93.4 Å². The summed E-state index contributed by atoms with van der Waals surface area (Å²) in [5.74, 6) is -1.66. The van der Waals surface area contributed by atoms with Gasteiger partial charge in [0, 0.05) is 153 Å². The Morgan fingerprint density at radius 3 is 1.58 bits per heavy atom. The molecule has 24 bridgehead atoms. The van der Waals surface area contributed by atoms with Crippen LogP contribution in [0.5, 0.6) is 0 Å². The van der Waals surface area contributed by atoms with Gasteiger partial charge in [0.1, 0.15) is 11.5 Å². The lowest BCUT2D eigenvalue weighted by atomic mass is 9.85. The van der Waals surface area contributed by atoms with Crippen molar-refractivity contribution in [3.8, 4) is 0 Å². The number of fused-ring (bicyclic) bond motifs is 21. The van der Waals surface area contributed by atoms with Crippen molar-refractivity contribution in [2.24, 2.45) is 26.8 Å². The zero-order valence-electron chi connectivity index (χ0n) is 76.8. The van der Waals surface area contributed by atoms with Crippen LogP contribution in [0.1, 0.15) is 253 Å². The molecule has 0 spiro atoms. The summed E-state index contributed by atoms with van der Waals surface area (Å²) in [5, 5.41) is 35.1. The number of H-pyrrole nitrogens is 4. The Labute approximate surface area is 753 Å². The van der Waals surface area contributed by atoms with Crippen LogP contribution < -0.4 is 5.32 Å². The highest BCUT2D eigenvalue weighted by atomic mass is 16.5. The summed E-state index contributed by atoms with van der Waals surface area (Å²) in [6.07, 6.45) is 17.9. The predicted octanol–water partition coefficient (Wildman–Crippen LogP) is 19.9. The maximum absolute atomic E-state index is 12.9. The van der Waals surface area contributed by atoms with Gasteiger partial charge in [-0.05, 0) is 223 Å². The normalized spacial score (nSPS) is 18.6. The lowest BCUT2D eigenvalue weighted by Crippen LogP contribution is -2.14. The van der Waals surface area contributed by atoms with Gasteiger partial charge in [-0.2, -0.15) is 19.2 Å². The number of hydrogen-bond donors (Lipinski definition) is 8. The van der Waals surface area contributed by atoms with Gasteiger partial charge < -0.3 is 54.8 Å². The highest BCUT2D eigenvalue weighted by Gasteiger charge is 2.43. The molecule has 672 valence electrons. The molecule has 0 saturated carbocycles. The quantitative estimate of drug-likeness (QED) is 0.0152. The van der Waals surface area contributed by atoms with Gasteiger partial charge in [0.15, 0.2) is 5.76 Å². The molecule has 1 unspecified atom stereocenters. The van der Waals surface area contributed by atoms with E-state index in [1.54, 1.807) is 6.92 Å². The maximum atomic E-state index is 12.9. The number of carboxylic acid groups (broad SMARTS) is 2. The van der Waals surface area contributed by atoms with E-state index in [9.17, 15) is 39.3 Å². The fraction of sp³-hybridized carbons (Fsp3) is 0.340. The molecule has 6 atom stereocenters. The maximum Gasteiger partial charge on any atom is 0.373 e. The molecule has 6 aromatic rings. The minimum atomic E-state index is -1.14. The second-order valence-electron chi connectivity index (χ2n) is 33.5. The van der Waals surface area contributed by atoms with Gasteiger partial charge in [-0.3, -0.25) is 29.1 Å². The van der Waals surface area contributed by atoms with Crippen molar-refractivity contribution in [2.75, 3.05) is 13.7 Å². The molecule has 27 nitrogen and oxygen atoms in total. The molecule has 8 N–H and O–H groups in total. The van der Waals surface area contributed by atoms with Crippen LogP contribution in [0.25, 0.3) is 78.8 Å². The molecule has 130 heavy (non-hydrogen) atoms. The highest BCUT2D eigenvalue weighted by Crippen LogP contribution is 2.50. The second kappa shape index (κ2) is 39.9. The van der Waals surface area contributed by atoms with Crippen LogP contribution in [-0.2, 0) is 83.0 Å². The Kier molecular flexibility index (Phi) is 29.0. The molecule has 15 heterocycles. The third-order valence-electron chi connectivity index (χ3n) is 26.7. The van der Waals surface area contributed by atoms with E-state index in [0.717, 1.165) is 194 Å². The standard InChI is InChI=1S/C36H40N4O6.C33H36N4O4.C32H34N4O.2CO2/c1-8-23-19(3)27-14-29-21(5)25(11-10-12-45-17-41)34(39-29)26(13-33(43)44-7)35-36(46-18-42)22(6)30(40-35)16-32-24(9-2)20(4)28(38-32)15-31(23)37-27;1-8-19-15(4)23-12-25-17(6)21(10-3)31(36-25)22(11-29(38)39)32-30(33(40)41)18(7)26(37-32)14-28-20(9-2)16(5)24(35-28)13-27(19)34-23;1-8-19-15(4)23-12-25-17(6)21(10-3)31(35-25)22-11-29(37)30-18(7)26(36-32(22)30)14-28-20(9-2)16(5)24(34-28)13-27(19)33-23;2*2-1-3/h8,14-18,21,25,37-38H,1,9-13H2,2-7H3;8,12-14,17,21,34-35H,1,9-11H2,2-7H3,(H,38,39)(H,40,41);8,12-14,17,21,35,37H,1,9-11H2,2-7H3;;/t21-,25-;17-,21-;17-,21?;;/m000../s1. The van der Waals surface area contributed by atoms with E-state index in [2.05, 4.69) is 165 Å². The molecule has 27 heteroatoms. The first-order valence-corrected chi connectivity index (χ1v) is 43.7. The van der Waals surface area contributed by atoms with E-state index in [1.807, 2.05) is 63.3 Å². The number of aliphatic imine (C=N–C) groups is 3. The number of nitrogens with one attached hydrogen (secondary N) is 5. The van der Waals surface area contributed by atoms with Crippen molar-refractivity contribution in [3.63, 3.8) is 0 Å². The van der Waals surface area contributed by atoms with Crippen LogP contribution in [0.4, 0.5) is 0 Å². The first-order valence-electron chi connectivity index (χ1n) is 43.7. The first-order chi connectivity index (χ1) is 62.3. The van der Waals surface area contributed by atoms with Crippen LogP contribution in [-0.4, -0.2) is 129 Å². The van der Waals surface area contributed by atoms with Crippen molar-refractivity contribution in [1.29, 1.82) is 0 Å². The number of carbonyl (C=O) groups is 5. The van der Waals surface area contributed by atoms with Crippen LogP contribution in [0, 0.1) is 39.5 Å². The number of esters is 1. The Hall–Kier alpha value is -14.4. The topological polar surface area (TPSA) is 406 Å². The molecule has 6 aromatic heterocycles. The predicted molar refractivity (Wildman–Crippen MR) is 503 cm³/mol. The van der Waals surface area contributed by atoms with Gasteiger partial charge in [-0.15, -0.1) is 0 Å². The van der Waals surface area contributed by atoms with Crippen molar-refractivity contribution >= 4 is 139 Å².